The molecule has 2 aliphatic heterocycles. The van der Waals surface area contributed by atoms with E-state index in [9.17, 15) is 4.79 Å². The lowest BCUT2D eigenvalue weighted by Gasteiger charge is -2.37. The fourth-order valence-corrected chi connectivity index (χ4v) is 3.75. The molecule has 4 heteroatoms. The van der Waals surface area contributed by atoms with E-state index in [0.29, 0.717) is 6.61 Å². The molecule has 2 heterocycles. The molecule has 2 unspecified atom stereocenters. The molecule has 1 aromatic carbocycles. The monoisotopic (exact) mass is 303 g/mol. The van der Waals surface area contributed by atoms with E-state index in [1.807, 2.05) is 25.1 Å². The molecule has 2 aliphatic rings. The first-order valence-corrected chi connectivity index (χ1v) is 8.32. The van der Waals surface area contributed by atoms with Crippen molar-refractivity contribution in [3.8, 4) is 0 Å². The largest absolute Gasteiger partial charge is 0.466 e. The van der Waals surface area contributed by atoms with Crippen LogP contribution < -0.4 is 5.32 Å². The average molecular weight is 303 g/mol. The van der Waals surface area contributed by atoms with Gasteiger partial charge >= 0.3 is 5.97 Å². The van der Waals surface area contributed by atoms with E-state index in [2.05, 4.69) is 24.4 Å². The number of ether oxygens (including phenoxy) is 2. The first-order valence-electron chi connectivity index (χ1n) is 8.32. The van der Waals surface area contributed by atoms with Crippen molar-refractivity contribution < 1.29 is 14.3 Å². The minimum absolute atomic E-state index is 0.0123. The number of benzene rings is 1. The van der Waals surface area contributed by atoms with Gasteiger partial charge in [-0.05, 0) is 38.7 Å². The molecule has 0 saturated carbocycles. The predicted molar refractivity (Wildman–Crippen MR) is 84.4 cm³/mol. The van der Waals surface area contributed by atoms with Crippen LogP contribution in [0.4, 0.5) is 0 Å². The number of hydrogen-bond donors (Lipinski definition) is 1. The predicted octanol–water partition coefficient (Wildman–Crippen LogP) is 2.84. The zero-order valence-electron chi connectivity index (χ0n) is 13.3. The molecule has 0 spiro atoms. The fourth-order valence-electron chi connectivity index (χ4n) is 3.75. The van der Waals surface area contributed by atoms with Crippen LogP contribution in [0, 0.1) is 5.92 Å². The van der Waals surface area contributed by atoms with Crippen LogP contribution >= 0.6 is 0 Å². The summed E-state index contributed by atoms with van der Waals surface area (Å²) >= 11 is 0. The Labute approximate surface area is 132 Å². The summed E-state index contributed by atoms with van der Waals surface area (Å²) in [7, 11) is 0. The lowest BCUT2D eigenvalue weighted by molar-refractivity contribution is -0.160. The van der Waals surface area contributed by atoms with Crippen LogP contribution in [0.25, 0.3) is 0 Å². The maximum absolute atomic E-state index is 12.4. The van der Waals surface area contributed by atoms with E-state index in [1.165, 1.54) is 5.56 Å². The fraction of sp³-hybridized carbons (Fsp3) is 0.611. The molecule has 22 heavy (non-hydrogen) atoms. The molecule has 2 bridgehead atoms. The Kier molecular flexibility index (Phi) is 4.79. The van der Waals surface area contributed by atoms with Gasteiger partial charge in [0.05, 0.1) is 24.7 Å². The summed E-state index contributed by atoms with van der Waals surface area (Å²) in [5.74, 6) is -0.310. The second-order valence-corrected chi connectivity index (χ2v) is 6.29. The highest BCUT2D eigenvalue weighted by atomic mass is 16.5. The van der Waals surface area contributed by atoms with Gasteiger partial charge in [-0.25, -0.2) is 0 Å². The highest BCUT2D eigenvalue weighted by molar-refractivity contribution is 5.74. The van der Waals surface area contributed by atoms with E-state index in [4.69, 9.17) is 9.47 Å². The number of hydrogen-bond acceptors (Lipinski definition) is 4. The van der Waals surface area contributed by atoms with Crippen LogP contribution in [0.15, 0.2) is 30.3 Å². The van der Waals surface area contributed by atoms with Gasteiger partial charge in [-0.15, -0.1) is 0 Å². The van der Waals surface area contributed by atoms with Crippen molar-refractivity contribution in [1.29, 1.82) is 0 Å². The van der Waals surface area contributed by atoms with Crippen molar-refractivity contribution in [1.82, 2.24) is 5.32 Å². The Morgan fingerprint density at radius 3 is 2.86 bits per heavy atom. The first-order chi connectivity index (χ1) is 10.7. The van der Waals surface area contributed by atoms with Crippen LogP contribution in [-0.2, 0) is 14.3 Å². The molecule has 1 N–H and O–H groups in total. The normalized spacial score (nSPS) is 31.7. The summed E-state index contributed by atoms with van der Waals surface area (Å²) in [6.45, 7) is 4.43. The minimum atomic E-state index is -0.190. The maximum Gasteiger partial charge on any atom is 0.313 e. The summed E-state index contributed by atoms with van der Waals surface area (Å²) in [6.07, 6.45) is 3.20. The molecule has 4 nitrogen and oxygen atoms in total. The average Bonchev–Trinajstić information content (AvgIpc) is 2.90. The highest BCUT2D eigenvalue weighted by Crippen LogP contribution is 2.38. The molecule has 0 amide bonds. The van der Waals surface area contributed by atoms with Crippen LogP contribution in [0.5, 0.6) is 0 Å². The number of carbonyl (C=O) groups is 1. The van der Waals surface area contributed by atoms with Gasteiger partial charge < -0.3 is 14.8 Å². The summed E-state index contributed by atoms with van der Waals surface area (Å²) in [5, 5.41) is 3.64. The summed E-state index contributed by atoms with van der Waals surface area (Å²) in [4.78, 5) is 12.4. The third kappa shape index (κ3) is 3.18. The molecule has 0 aromatic heterocycles. The van der Waals surface area contributed by atoms with Gasteiger partial charge in [-0.2, -0.15) is 0 Å². The van der Waals surface area contributed by atoms with Gasteiger partial charge in [0.1, 0.15) is 0 Å². The second-order valence-electron chi connectivity index (χ2n) is 6.29. The summed E-state index contributed by atoms with van der Waals surface area (Å²) < 4.78 is 11.2. The Morgan fingerprint density at radius 2 is 2.14 bits per heavy atom. The number of esters is 1. The van der Waals surface area contributed by atoms with E-state index in [0.717, 1.165) is 19.3 Å². The quantitative estimate of drug-likeness (QED) is 0.850. The number of carbonyl (C=O) groups excluding carboxylic acids is 1. The summed E-state index contributed by atoms with van der Waals surface area (Å²) in [6, 6.07) is 10.7. The number of nitrogens with one attached hydrogen (secondary N) is 1. The SMILES string of the molecule is CCOC(=O)C1C(N[C@@H](C)c2ccccc2)C[C@H]2CC[C@@H]1O2. The smallest absolute Gasteiger partial charge is 0.313 e. The topological polar surface area (TPSA) is 47.6 Å². The molecule has 0 radical (unpaired) electrons. The van der Waals surface area contributed by atoms with Gasteiger partial charge in [-0.1, -0.05) is 30.3 Å². The number of fused-ring (bicyclic) bond motifs is 2. The molecule has 2 saturated heterocycles. The first kappa shape index (κ1) is 15.5. The maximum atomic E-state index is 12.4. The standard InChI is InChI=1S/C18H25NO3/c1-3-21-18(20)17-15(11-14-9-10-16(17)22-14)19-12(2)13-7-5-4-6-8-13/h4-8,12,14-17,19H,3,9-11H2,1-2H3/t12-,14+,15?,16-,17?/m0/s1. The van der Waals surface area contributed by atoms with Gasteiger partial charge in [-0.3, -0.25) is 4.79 Å². The minimum Gasteiger partial charge on any atom is -0.466 e. The Balaban J connectivity index is 1.73. The van der Waals surface area contributed by atoms with Gasteiger partial charge in [0, 0.05) is 12.1 Å². The molecule has 120 valence electrons. The van der Waals surface area contributed by atoms with Crippen molar-refractivity contribution in [3.05, 3.63) is 35.9 Å². The van der Waals surface area contributed by atoms with E-state index in [-0.39, 0.29) is 36.2 Å². The van der Waals surface area contributed by atoms with E-state index >= 15 is 0 Å². The van der Waals surface area contributed by atoms with E-state index < -0.39 is 0 Å². The van der Waals surface area contributed by atoms with Crippen molar-refractivity contribution >= 4 is 5.97 Å². The molecule has 2 fully saturated rings. The van der Waals surface area contributed by atoms with Gasteiger partial charge in [0.25, 0.3) is 0 Å². The molecule has 3 rings (SSSR count). The van der Waals surface area contributed by atoms with E-state index in [1.54, 1.807) is 0 Å². The van der Waals surface area contributed by atoms with Crippen LogP contribution in [0.1, 0.15) is 44.7 Å². The molecular weight excluding hydrogens is 278 g/mol. The molecule has 0 aliphatic carbocycles. The Bertz CT molecular complexity index is 504. The third-order valence-corrected chi connectivity index (χ3v) is 4.81. The lowest BCUT2D eigenvalue weighted by Crippen LogP contribution is -2.51. The Hall–Kier alpha value is -1.39. The van der Waals surface area contributed by atoms with Crippen LogP contribution in [-0.4, -0.2) is 30.8 Å². The van der Waals surface area contributed by atoms with Gasteiger partial charge in [0.15, 0.2) is 0 Å². The van der Waals surface area contributed by atoms with Crippen molar-refractivity contribution in [3.63, 3.8) is 0 Å². The zero-order chi connectivity index (χ0) is 15.5. The van der Waals surface area contributed by atoms with Crippen molar-refractivity contribution in [2.24, 2.45) is 5.92 Å². The highest BCUT2D eigenvalue weighted by Gasteiger charge is 2.47. The van der Waals surface area contributed by atoms with Crippen LogP contribution in [0.2, 0.25) is 0 Å². The van der Waals surface area contributed by atoms with Gasteiger partial charge in [0.2, 0.25) is 0 Å². The van der Waals surface area contributed by atoms with Crippen molar-refractivity contribution in [2.45, 2.75) is 57.4 Å². The third-order valence-electron chi connectivity index (χ3n) is 4.81. The molecule has 1 aromatic rings. The molecular formula is C18H25NO3. The zero-order valence-corrected chi connectivity index (χ0v) is 13.3. The second kappa shape index (κ2) is 6.80. The molecule has 5 atom stereocenters. The lowest BCUT2D eigenvalue weighted by atomic mass is 9.89. The Morgan fingerprint density at radius 1 is 1.36 bits per heavy atom. The van der Waals surface area contributed by atoms with Crippen molar-refractivity contribution in [2.75, 3.05) is 6.61 Å². The number of rotatable bonds is 5. The van der Waals surface area contributed by atoms with Crippen LogP contribution in [0.3, 0.4) is 0 Å². The summed E-state index contributed by atoms with van der Waals surface area (Å²) in [5.41, 5.74) is 1.24.